The Morgan fingerprint density at radius 3 is 2.64 bits per heavy atom. The van der Waals surface area contributed by atoms with Gasteiger partial charge in [-0.3, -0.25) is 4.98 Å². The van der Waals surface area contributed by atoms with E-state index in [9.17, 15) is 4.79 Å². The first-order chi connectivity index (χ1) is 12.1. The lowest BCUT2D eigenvalue weighted by molar-refractivity contribution is -0.129. The number of para-hydroxylation sites is 2. The van der Waals surface area contributed by atoms with Gasteiger partial charge in [-0.25, -0.2) is 14.8 Å². The number of aliphatic imine (C=N–C) groups is 1. The number of carbonyl (C=O) groups excluding carboxylic acids is 1. The second kappa shape index (κ2) is 6.27. The SMILES string of the molecule is O=C1OC(c2ccc(Cl)cc2Cl)=N/C1=C\c1cnc2ccccc2n1. The Bertz CT molecular complexity index is 1080. The van der Waals surface area contributed by atoms with Crippen LogP contribution in [-0.2, 0) is 9.53 Å². The first kappa shape index (κ1) is 15.7. The van der Waals surface area contributed by atoms with Crippen LogP contribution in [0.4, 0.5) is 0 Å². The number of halogens is 2. The van der Waals surface area contributed by atoms with E-state index in [0.29, 0.717) is 21.3 Å². The van der Waals surface area contributed by atoms with Gasteiger partial charge in [-0.2, -0.15) is 0 Å². The Morgan fingerprint density at radius 2 is 1.84 bits per heavy atom. The molecule has 2 aromatic carbocycles. The third-order valence-corrected chi connectivity index (χ3v) is 4.08. The standard InChI is InChI=1S/C18H9Cl2N3O2/c19-10-5-6-12(13(20)7-10)17-23-16(18(24)25-17)8-11-9-21-14-3-1-2-4-15(14)22-11/h1-9H/b16-8-. The predicted molar refractivity (Wildman–Crippen MR) is 96.6 cm³/mol. The van der Waals surface area contributed by atoms with Gasteiger partial charge in [-0.05, 0) is 36.4 Å². The van der Waals surface area contributed by atoms with Gasteiger partial charge in [0.1, 0.15) is 0 Å². The molecule has 122 valence electrons. The van der Waals surface area contributed by atoms with Crippen molar-refractivity contribution >= 4 is 52.2 Å². The van der Waals surface area contributed by atoms with Gasteiger partial charge in [-0.1, -0.05) is 35.3 Å². The lowest BCUT2D eigenvalue weighted by Gasteiger charge is -2.02. The van der Waals surface area contributed by atoms with E-state index in [4.69, 9.17) is 27.9 Å². The van der Waals surface area contributed by atoms with Crippen LogP contribution in [0.3, 0.4) is 0 Å². The van der Waals surface area contributed by atoms with E-state index in [1.807, 2.05) is 24.3 Å². The van der Waals surface area contributed by atoms with E-state index >= 15 is 0 Å². The summed E-state index contributed by atoms with van der Waals surface area (Å²) >= 11 is 12.0. The highest BCUT2D eigenvalue weighted by Crippen LogP contribution is 2.26. The molecule has 0 aliphatic carbocycles. The monoisotopic (exact) mass is 369 g/mol. The van der Waals surface area contributed by atoms with E-state index < -0.39 is 5.97 Å². The van der Waals surface area contributed by atoms with E-state index in [2.05, 4.69) is 15.0 Å². The number of esters is 1. The lowest BCUT2D eigenvalue weighted by atomic mass is 10.2. The van der Waals surface area contributed by atoms with E-state index in [-0.39, 0.29) is 11.6 Å². The second-order valence-electron chi connectivity index (χ2n) is 5.24. The first-order valence-corrected chi connectivity index (χ1v) is 8.05. The molecule has 1 aromatic heterocycles. The van der Waals surface area contributed by atoms with Crippen LogP contribution in [0.1, 0.15) is 11.3 Å². The van der Waals surface area contributed by atoms with Crippen molar-refractivity contribution in [2.75, 3.05) is 0 Å². The highest BCUT2D eigenvalue weighted by Gasteiger charge is 2.25. The number of aromatic nitrogens is 2. The summed E-state index contributed by atoms with van der Waals surface area (Å²) in [6.07, 6.45) is 3.10. The zero-order chi connectivity index (χ0) is 17.4. The molecule has 0 saturated heterocycles. The molecule has 0 atom stereocenters. The van der Waals surface area contributed by atoms with Crippen molar-refractivity contribution in [1.82, 2.24) is 9.97 Å². The minimum Gasteiger partial charge on any atom is -0.402 e. The fraction of sp³-hybridized carbons (Fsp3) is 0. The molecule has 1 aliphatic heterocycles. The van der Waals surface area contributed by atoms with E-state index in [1.54, 1.807) is 24.4 Å². The van der Waals surface area contributed by atoms with Crippen molar-refractivity contribution in [2.45, 2.75) is 0 Å². The van der Waals surface area contributed by atoms with Crippen LogP contribution in [0, 0.1) is 0 Å². The van der Waals surface area contributed by atoms with Crippen molar-refractivity contribution in [2.24, 2.45) is 4.99 Å². The number of rotatable bonds is 2. The molecule has 7 heteroatoms. The van der Waals surface area contributed by atoms with Crippen LogP contribution >= 0.6 is 23.2 Å². The Labute approximate surface area is 152 Å². The molecule has 0 saturated carbocycles. The molecule has 0 fully saturated rings. The summed E-state index contributed by atoms with van der Waals surface area (Å²) in [5.41, 5.74) is 2.64. The highest BCUT2D eigenvalue weighted by atomic mass is 35.5. The fourth-order valence-electron chi connectivity index (χ4n) is 2.37. The van der Waals surface area contributed by atoms with Crippen LogP contribution in [0.2, 0.25) is 10.0 Å². The third kappa shape index (κ3) is 3.12. The lowest BCUT2D eigenvalue weighted by Crippen LogP contribution is -2.06. The number of carbonyl (C=O) groups is 1. The molecule has 0 bridgehead atoms. The molecule has 25 heavy (non-hydrogen) atoms. The second-order valence-corrected chi connectivity index (χ2v) is 6.09. The van der Waals surface area contributed by atoms with Gasteiger partial charge in [0.25, 0.3) is 0 Å². The number of fused-ring (bicyclic) bond motifs is 1. The summed E-state index contributed by atoms with van der Waals surface area (Å²) < 4.78 is 5.21. The molecule has 2 heterocycles. The fourth-order valence-corrected chi connectivity index (χ4v) is 2.86. The maximum atomic E-state index is 12.1. The molecule has 0 radical (unpaired) electrons. The summed E-state index contributed by atoms with van der Waals surface area (Å²) in [5.74, 6) is -0.442. The summed E-state index contributed by atoms with van der Waals surface area (Å²) in [4.78, 5) is 25.0. The number of cyclic esters (lactones) is 1. The van der Waals surface area contributed by atoms with Gasteiger partial charge in [0.05, 0.1) is 33.5 Å². The predicted octanol–water partition coefficient (Wildman–Crippen LogP) is 4.28. The maximum absolute atomic E-state index is 12.1. The van der Waals surface area contributed by atoms with Gasteiger partial charge in [0.15, 0.2) is 5.70 Å². The normalized spacial score (nSPS) is 15.5. The van der Waals surface area contributed by atoms with Crippen LogP contribution in [0.25, 0.3) is 17.1 Å². The van der Waals surface area contributed by atoms with Crippen LogP contribution in [0.15, 0.2) is 59.4 Å². The van der Waals surface area contributed by atoms with Gasteiger partial charge in [0.2, 0.25) is 5.90 Å². The molecule has 0 N–H and O–H groups in total. The Hall–Kier alpha value is -2.76. The van der Waals surface area contributed by atoms with E-state index in [1.165, 1.54) is 6.08 Å². The zero-order valence-corrected chi connectivity index (χ0v) is 14.1. The molecule has 0 spiro atoms. The number of ether oxygens (including phenoxy) is 1. The number of hydrogen-bond acceptors (Lipinski definition) is 5. The maximum Gasteiger partial charge on any atom is 0.363 e. The Balaban J connectivity index is 1.72. The van der Waals surface area contributed by atoms with Crippen molar-refractivity contribution in [1.29, 1.82) is 0 Å². The molecule has 4 rings (SSSR count). The third-order valence-electron chi connectivity index (χ3n) is 3.53. The minimum absolute atomic E-state index is 0.130. The number of nitrogens with zero attached hydrogens (tertiary/aromatic N) is 3. The van der Waals surface area contributed by atoms with Crippen molar-refractivity contribution in [3.63, 3.8) is 0 Å². The molecule has 1 aliphatic rings. The minimum atomic E-state index is -0.573. The van der Waals surface area contributed by atoms with Crippen molar-refractivity contribution < 1.29 is 9.53 Å². The average molecular weight is 370 g/mol. The molecule has 5 nitrogen and oxygen atoms in total. The van der Waals surface area contributed by atoms with Crippen molar-refractivity contribution in [3.05, 3.63) is 75.7 Å². The topological polar surface area (TPSA) is 64.4 Å². The molecule has 3 aromatic rings. The summed E-state index contributed by atoms with van der Waals surface area (Å²) in [7, 11) is 0. The average Bonchev–Trinajstić information content (AvgIpc) is 2.95. The largest absolute Gasteiger partial charge is 0.402 e. The van der Waals surface area contributed by atoms with Gasteiger partial charge in [0, 0.05) is 5.02 Å². The van der Waals surface area contributed by atoms with E-state index in [0.717, 1.165) is 11.0 Å². The Morgan fingerprint density at radius 1 is 1.04 bits per heavy atom. The van der Waals surface area contributed by atoms with Crippen LogP contribution in [-0.4, -0.2) is 21.8 Å². The molecular formula is C18H9Cl2N3O2. The summed E-state index contributed by atoms with van der Waals surface area (Å²) in [5, 5.41) is 0.840. The molecule has 0 unspecified atom stereocenters. The molecular weight excluding hydrogens is 361 g/mol. The van der Waals surface area contributed by atoms with Crippen molar-refractivity contribution in [3.8, 4) is 0 Å². The Kier molecular flexibility index (Phi) is 3.95. The van der Waals surface area contributed by atoms with Gasteiger partial charge < -0.3 is 4.74 Å². The summed E-state index contributed by atoms with van der Waals surface area (Å²) in [6, 6.07) is 12.3. The van der Waals surface area contributed by atoms with Crippen LogP contribution in [0.5, 0.6) is 0 Å². The molecule has 0 amide bonds. The summed E-state index contributed by atoms with van der Waals surface area (Å²) in [6.45, 7) is 0. The zero-order valence-electron chi connectivity index (χ0n) is 12.6. The van der Waals surface area contributed by atoms with Gasteiger partial charge >= 0.3 is 5.97 Å². The first-order valence-electron chi connectivity index (χ1n) is 7.30. The highest BCUT2D eigenvalue weighted by molar-refractivity contribution is 6.37. The van der Waals surface area contributed by atoms with Crippen LogP contribution < -0.4 is 0 Å². The smallest absolute Gasteiger partial charge is 0.363 e. The number of hydrogen-bond donors (Lipinski definition) is 0. The quantitative estimate of drug-likeness (QED) is 0.499. The number of benzene rings is 2. The van der Waals surface area contributed by atoms with Gasteiger partial charge in [-0.15, -0.1) is 0 Å².